The minimum absolute atomic E-state index is 0.359. The summed E-state index contributed by atoms with van der Waals surface area (Å²) in [6.07, 6.45) is 0. The molecular weight excluding hydrogens is 222 g/mol. The molecule has 0 saturated heterocycles. The average molecular weight is 233 g/mol. The van der Waals surface area contributed by atoms with Crippen LogP contribution in [0.4, 0.5) is 11.4 Å². The highest BCUT2D eigenvalue weighted by atomic mass is 32.1. The van der Waals surface area contributed by atoms with Crippen molar-refractivity contribution in [3.05, 3.63) is 46.7 Å². The van der Waals surface area contributed by atoms with E-state index in [2.05, 4.69) is 0 Å². The molecule has 16 heavy (non-hydrogen) atoms. The fourth-order valence-corrected chi connectivity index (χ4v) is 2.18. The summed E-state index contributed by atoms with van der Waals surface area (Å²) in [7, 11) is 1.92. The molecule has 0 saturated carbocycles. The largest absolute Gasteiger partial charge is 0.477 e. The van der Waals surface area contributed by atoms with Crippen LogP contribution in [0.15, 0.2) is 41.8 Å². The molecule has 0 aliphatic rings. The molecule has 2 aromatic rings. The molecule has 0 atom stereocenters. The summed E-state index contributed by atoms with van der Waals surface area (Å²) in [5, 5.41) is 10.7. The summed E-state index contributed by atoms with van der Waals surface area (Å²) < 4.78 is 0. The highest BCUT2D eigenvalue weighted by molar-refractivity contribution is 7.12. The number of aromatic carboxylic acids is 1. The number of para-hydroxylation sites is 1. The van der Waals surface area contributed by atoms with Crippen LogP contribution in [0.1, 0.15) is 9.67 Å². The van der Waals surface area contributed by atoms with Gasteiger partial charge in [-0.2, -0.15) is 0 Å². The van der Waals surface area contributed by atoms with Gasteiger partial charge in [-0.25, -0.2) is 4.79 Å². The maximum absolute atomic E-state index is 10.8. The molecule has 4 heteroatoms. The van der Waals surface area contributed by atoms with Crippen molar-refractivity contribution < 1.29 is 9.90 Å². The van der Waals surface area contributed by atoms with Gasteiger partial charge in [0.05, 0.1) is 5.69 Å². The van der Waals surface area contributed by atoms with Crippen molar-refractivity contribution in [3.63, 3.8) is 0 Å². The molecule has 0 bridgehead atoms. The smallest absolute Gasteiger partial charge is 0.345 e. The third kappa shape index (κ3) is 2.06. The molecule has 1 N–H and O–H groups in total. The Morgan fingerprint density at radius 1 is 1.25 bits per heavy atom. The lowest BCUT2D eigenvalue weighted by molar-refractivity contribution is 0.0702. The van der Waals surface area contributed by atoms with Crippen LogP contribution in [0.3, 0.4) is 0 Å². The van der Waals surface area contributed by atoms with Crippen LogP contribution in [0.2, 0.25) is 0 Å². The standard InChI is InChI=1S/C12H11NO2S/c1-13(9-5-3-2-4-6-9)10-7-11(12(14)15)16-8-10/h2-8H,1H3,(H,14,15). The summed E-state index contributed by atoms with van der Waals surface area (Å²) >= 11 is 1.24. The molecule has 0 aliphatic heterocycles. The number of carboxylic acids is 1. The van der Waals surface area contributed by atoms with Crippen LogP contribution >= 0.6 is 11.3 Å². The molecule has 82 valence electrons. The number of carboxylic acid groups (broad SMARTS) is 1. The van der Waals surface area contributed by atoms with E-state index in [1.165, 1.54) is 11.3 Å². The number of anilines is 2. The molecule has 0 radical (unpaired) electrons. The molecule has 0 fully saturated rings. The van der Waals surface area contributed by atoms with E-state index in [4.69, 9.17) is 5.11 Å². The molecule has 0 amide bonds. The molecule has 2 rings (SSSR count). The zero-order valence-electron chi connectivity index (χ0n) is 8.75. The third-order valence-electron chi connectivity index (χ3n) is 2.33. The maximum atomic E-state index is 10.8. The van der Waals surface area contributed by atoms with Gasteiger partial charge in [0.25, 0.3) is 0 Å². The second-order valence-electron chi connectivity index (χ2n) is 3.37. The molecule has 1 aromatic carbocycles. The van der Waals surface area contributed by atoms with Gasteiger partial charge in [0, 0.05) is 18.1 Å². The lowest BCUT2D eigenvalue weighted by atomic mass is 10.3. The summed E-state index contributed by atoms with van der Waals surface area (Å²) in [4.78, 5) is 13.1. The van der Waals surface area contributed by atoms with E-state index in [9.17, 15) is 4.79 Å². The Bertz CT molecular complexity index is 493. The van der Waals surface area contributed by atoms with E-state index >= 15 is 0 Å². The summed E-state index contributed by atoms with van der Waals surface area (Å²) in [5.41, 5.74) is 1.94. The first-order chi connectivity index (χ1) is 7.68. The topological polar surface area (TPSA) is 40.5 Å². The van der Waals surface area contributed by atoms with Crippen molar-refractivity contribution in [3.8, 4) is 0 Å². The van der Waals surface area contributed by atoms with E-state index < -0.39 is 5.97 Å². The van der Waals surface area contributed by atoms with Crippen LogP contribution in [0, 0.1) is 0 Å². The Balaban J connectivity index is 2.27. The number of rotatable bonds is 3. The van der Waals surface area contributed by atoms with Gasteiger partial charge in [-0.15, -0.1) is 11.3 Å². The van der Waals surface area contributed by atoms with Gasteiger partial charge in [-0.1, -0.05) is 18.2 Å². The van der Waals surface area contributed by atoms with Gasteiger partial charge >= 0.3 is 5.97 Å². The summed E-state index contributed by atoms with van der Waals surface area (Å²) in [6, 6.07) is 11.5. The zero-order valence-corrected chi connectivity index (χ0v) is 9.57. The molecule has 0 unspecified atom stereocenters. The highest BCUT2D eigenvalue weighted by Gasteiger charge is 2.10. The predicted octanol–water partition coefficient (Wildman–Crippen LogP) is 3.21. The molecular formula is C12H11NO2S. The minimum Gasteiger partial charge on any atom is -0.477 e. The average Bonchev–Trinajstić information content (AvgIpc) is 2.78. The van der Waals surface area contributed by atoms with E-state index in [0.717, 1.165) is 11.4 Å². The summed E-state index contributed by atoms with van der Waals surface area (Å²) in [6.45, 7) is 0. The number of nitrogens with zero attached hydrogens (tertiary/aromatic N) is 1. The van der Waals surface area contributed by atoms with Gasteiger partial charge in [-0.3, -0.25) is 0 Å². The molecule has 0 aliphatic carbocycles. The monoisotopic (exact) mass is 233 g/mol. The van der Waals surface area contributed by atoms with E-state index in [1.54, 1.807) is 6.07 Å². The van der Waals surface area contributed by atoms with E-state index in [0.29, 0.717) is 4.88 Å². The van der Waals surface area contributed by atoms with Gasteiger partial charge in [0.2, 0.25) is 0 Å². The lowest BCUT2D eigenvalue weighted by Gasteiger charge is -2.17. The van der Waals surface area contributed by atoms with Crippen molar-refractivity contribution >= 4 is 28.7 Å². The number of thiophene rings is 1. The Labute approximate surface area is 97.6 Å². The first-order valence-electron chi connectivity index (χ1n) is 4.79. The molecule has 1 aromatic heterocycles. The SMILES string of the molecule is CN(c1ccccc1)c1csc(C(=O)O)c1. The van der Waals surface area contributed by atoms with Gasteiger partial charge in [0.1, 0.15) is 4.88 Å². The van der Waals surface area contributed by atoms with Gasteiger partial charge < -0.3 is 10.0 Å². The number of benzene rings is 1. The number of hydrogen-bond donors (Lipinski definition) is 1. The van der Waals surface area contributed by atoms with Crippen molar-refractivity contribution in [1.29, 1.82) is 0 Å². The Morgan fingerprint density at radius 2 is 1.94 bits per heavy atom. The van der Waals surface area contributed by atoms with Crippen molar-refractivity contribution in [2.24, 2.45) is 0 Å². The first-order valence-corrected chi connectivity index (χ1v) is 5.67. The Kier molecular flexibility index (Phi) is 2.92. The minimum atomic E-state index is -0.877. The van der Waals surface area contributed by atoms with Crippen LogP contribution in [0.25, 0.3) is 0 Å². The first kappa shape index (κ1) is 10.7. The van der Waals surface area contributed by atoms with Crippen LogP contribution in [-0.4, -0.2) is 18.1 Å². The lowest BCUT2D eigenvalue weighted by Crippen LogP contribution is -2.07. The van der Waals surface area contributed by atoms with Gasteiger partial charge in [-0.05, 0) is 18.2 Å². The van der Waals surface area contributed by atoms with Crippen molar-refractivity contribution in [2.75, 3.05) is 11.9 Å². The second kappa shape index (κ2) is 4.37. The van der Waals surface area contributed by atoms with Crippen LogP contribution < -0.4 is 4.90 Å². The third-order valence-corrected chi connectivity index (χ3v) is 3.23. The fourth-order valence-electron chi connectivity index (χ4n) is 1.41. The van der Waals surface area contributed by atoms with Crippen molar-refractivity contribution in [1.82, 2.24) is 0 Å². The van der Waals surface area contributed by atoms with Crippen LogP contribution in [0.5, 0.6) is 0 Å². The molecule has 0 spiro atoms. The fraction of sp³-hybridized carbons (Fsp3) is 0.0833. The van der Waals surface area contributed by atoms with Crippen molar-refractivity contribution in [2.45, 2.75) is 0 Å². The van der Waals surface area contributed by atoms with E-state index in [-0.39, 0.29) is 0 Å². The molecule has 1 heterocycles. The second-order valence-corrected chi connectivity index (χ2v) is 4.28. The highest BCUT2D eigenvalue weighted by Crippen LogP contribution is 2.27. The van der Waals surface area contributed by atoms with Gasteiger partial charge in [0.15, 0.2) is 0 Å². The normalized spacial score (nSPS) is 10.1. The Morgan fingerprint density at radius 3 is 2.50 bits per heavy atom. The quantitative estimate of drug-likeness (QED) is 0.884. The van der Waals surface area contributed by atoms with Crippen LogP contribution in [-0.2, 0) is 0 Å². The van der Waals surface area contributed by atoms with E-state index in [1.807, 2.05) is 47.7 Å². The predicted molar refractivity (Wildman–Crippen MR) is 65.8 cm³/mol. The number of carbonyl (C=O) groups is 1. The molecule has 3 nitrogen and oxygen atoms in total. The zero-order chi connectivity index (χ0) is 11.5. The Hall–Kier alpha value is -1.81. The number of hydrogen-bond acceptors (Lipinski definition) is 3. The maximum Gasteiger partial charge on any atom is 0.345 e. The summed E-state index contributed by atoms with van der Waals surface area (Å²) in [5.74, 6) is -0.877.